The number of piperidine rings is 1. The fourth-order valence-electron chi connectivity index (χ4n) is 6.67. The van der Waals surface area contributed by atoms with Crippen molar-refractivity contribution in [2.24, 2.45) is 12.9 Å². The van der Waals surface area contributed by atoms with Crippen molar-refractivity contribution in [1.82, 2.24) is 19.0 Å². The number of para-hydroxylation sites is 2. The summed E-state index contributed by atoms with van der Waals surface area (Å²) in [4.78, 5) is 9.50. The molecule has 7 rings (SSSR count). The number of nitrogens with zero attached hydrogens (tertiary/aromatic N) is 5. The van der Waals surface area contributed by atoms with Gasteiger partial charge in [0.05, 0.1) is 0 Å². The van der Waals surface area contributed by atoms with Crippen molar-refractivity contribution in [2.75, 3.05) is 31.6 Å². The van der Waals surface area contributed by atoms with Crippen molar-refractivity contribution in [3.05, 3.63) is 99.5 Å². The molecule has 6 nitrogen and oxygen atoms in total. The van der Waals surface area contributed by atoms with Gasteiger partial charge in [-0.25, -0.2) is 0 Å². The molecule has 0 bridgehead atoms. The Morgan fingerprint density at radius 1 is 1.00 bits per heavy atom. The van der Waals surface area contributed by atoms with Gasteiger partial charge in [-0.15, -0.1) is 0 Å². The molecule has 3 aromatic carbocycles. The number of imidazole rings is 1. The minimum atomic E-state index is -2.34. The van der Waals surface area contributed by atoms with E-state index in [2.05, 4.69) is 94.2 Å². The molecule has 0 N–H and O–H groups in total. The SMILES string of the molecule is [2H]C([2H])([2H])n1[c](=[Pt])n(-c2[c-]c(Oc3[c-]c4c(cc3)C3CCN(C)CC3CN4c3cc(C)ccn3)cc(C(C)(C)C)c2)c2ccccc21. The molecular formula is C37H39N5OPt-2. The molecule has 7 heteroatoms. The van der Waals surface area contributed by atoms with Gasteiger partial charge >= 0.3 is 227 Å². The van der Waals surface area contributed by atoms with Crippen LogP contribution in [0.4, 0.5) is 11.5 Å². The molecular weight excluding hydrogens is 726 g/mol. The normalized spacial score (nSPS) is 20.1. The summed E-state index contributed by atoms with van der Waals surface area (Å²) in [6.07, 6.45) is 2.99. The van der Waals surface area contributed by atoms with Gasteiger partial charge in [0.2, 0.25) is 0 Å². The molecule has 230 valence electrons. The van der Waals surface area contributed by atoms with Gasteiger partial charge in [-0.2, -0.15) is 0 Å². The van der Waals surface area contributed by atoms with Gasteiger partial charge in [0.1, 0.15) is 0 Å². The number of ether oxygens (including phenoxy) is 1. The van der Waals surface area contributed by atoms with E-state index in [0.717, 1.165) is 48.6 Å². The Morgan fingerprint density at radius 2 is 1.82 bits per heavy atom. The number of fused-ring (bicyclic) bond motifs is 4. The summed E-state index contributed by atoms with van der Waals surface area (Å²) in [5, 5.41) is 0. The Hall–Kier alpha value is -3.47. The average molecular weight is 768 g/mol. The molecule has 0 aliphatic carbocycles. The summed E-state index contributed by atoms with van der Waals surface area (Å²) in [7, 11) is 2.21. The van der Waals surface area contributed by atoms with E-state index in [0.29, 0.717) is 38.3 Å². The van der Waals surface area contributed by atoms with E-state index >= 15 is 0 Å². The van der Waals surface area contributed by atoms with Crippen LogP contribution < -0.4 is 9.64 Å². The molecule has 5 aromatic rings. The second kappa shape index (κ2) is 11.2. The molecule has 2 aliphatic rings. The number of hydrogen-bond acceptors (Lipinski definition) is 4. The van der Waals surface area contributed by atoms with Crippen molar-refractivity contribution in [3.8, 4) is 17.2 Å². The van der Waals surface area contributed by atoms with Crippen molar-refractivity contribution < 1.29 is 28.2 Å². The minimum absolute atomic E-state index is 0.201. The van der Waals surface area contributed by atoms with Crippen LogP contribution in [0.25, 0.3) is 16.7 Å². The first kappa shape index (κ1) is 25.8. The standard InChI is InChI=1S/C37H39N5O.Pt/c1-25-13-15-38-36(17-25)41-23-26-22-39(5)16-14-31(26)32-12-11-29(21-35(32)41)43-30-19-27(37(2,3)4)18-28(20-30)42-24-40(6)33-9-7-8-10-34(33)42;/h7-13,15,17-19,26,31H,14,16,22-23H2,1-6H3;/q-2;/i6D3;. The fraction of sp³-hybridized carbons (Fsp3) is 0.351. The number of likely N-dealkylation sites (tertiary alicyclic amines) is 1. The second-order valence-electron chi connectivity index (χ2n) is 13.2. The third kappa shape index (κ3) is 5.26. The van der Waals surface area contributed by atoms with Gasteiger partial charge < -0.3 is 4.90 Å². The number of benzene rings is 3. The van der Waals surface area contributed by atoms with E-state index in [1.807, 2.05) is 53.2 Å². The molecule has 2 aromatic heterocycles. The van der Waals surface area contributed by atoms with E-state index < -0.39 is 6.98 Å². The third-order valence-electron chi connectivity index (χ3n) is 8.99. The number of rotatable bonds is 4. The van der Waals surface area contributed by atoms with Gasteiger partial charge in [0.15, 0.2) is 0 Å². The summed E-state index contributed by atoms with van der Waals surface area (Å²) < 4.78 is 35.3. The first-order chi connectivity index (χ1) is 22.3. The average Bonchev–Trinajstić information content (AvgIpc) is 3.32. The van der Waals surface area contributed by atoms with Crippen molar-refractivity contribution in [3.63, 3.8) is 0 Å². The van der Waals surface area contributed by atoms with Crippen LogP contribution in [0, 0.1) is 28.8 Å². The molecule has 2 unspecified atom stereocenters. The molecule has 0 spiro atoms. The number of aromatic nitrogens is 3. The van der Waals surface area contributed by atoms with Crippen molar-refractivity contribution in [1.29, 1.82) is 0 Å². The van der Waals surface area contributed by atoms with Gasteiger partial charge in [-0.05, 0) is 32.1 Å². The monoisotopic (exact) mass is 767 g/mol. The molecule has 44 heavy (non-hydrogen) atoms. The van der Waals surface area contributed by atoms with Gasteiger partial charge in [-0.1, -0.05) is 0 Å². The molecule has 4 heterocycles. The van der Waals surface area contributed by atoms with Crippen LogP contribution in [-0.4, -0.2) is 45.7 Å². The first-order valence-electron chi connectivity index (χ1n) is 16.7. The maximum atomic E-state index is 8.27. The van der Waals surface area contributed by atoms with E-state index in [9.17, 15) is 0 Å². The van der Waals surface area contributed by atoms with Crippen LogP contribution in [-0.2, 0) is 31.7 Å². The van der Waals surface area contributed by atoms with Crippen LogP contribution in [0.3, 0.4) is 0 Å². The molecule has 0 amide bonds. The summed E-state index contributed by atoms with van der Waals surface area (Å²) in [6, 6.07) is 27.2. The molecule has 1 fully saturated rings. The Bertz CT molecular complexity index is 2040. The Labute approximate surface area is 275 Å². The molecule has 2 atom stereocenters. The topological polar surface area (TPSA) is 38.5 Å². The summed E-state index contributed by atoms with van der Waals surface area (Å²) >= 11 is 2.10. The number of pyridine rings is 1. The van der Waals surface area contributed by atoms with Crippen LogP contribution in [0.15, 0.2) is 66.9 Å². The van der Waals surface area contributed by atoms with Gasteiger partial charge in [-0.3, -0.25) is 0 Å². The summed E-state index contributed by atoms with van der Waals surface area (Å²) in [5.74, 6) is 3.03. The predicted octanol–water partition coefficient (Wildman–Crippen LogP) is 7.63. The number of aryl methyl sites for hydroxylation is 2. The number of hydrogen-bond donors (Lipinski definition) is 0. The predicted molar refractivity (Wildman–Crippen MR) is 173 cm³/mol. The van der Waals surface area contributed by atoms with Gasteiger partial charge in [0, 0.05) is 12.7 Å². The van der Waals surface area contributed by atoms with Crippen LogP contribution >= 0.6 is 0 Å². The Morgan fingerprint density at radius 3 is 2.59 bits per heavy atom. The molecule has 2 aliphatic heterocycles. The van der Waals surface area contributed by atoms with E-state index in [1.165, 1.54) is 15.7 Å². The zero-order valence-electron chi connectivity index (χ0n) is 28.8. The zero-order valence-corrected chi connectivity index (χ0v) is 28.1. The van der Waals surface area contributed by atoms with E-state index in [-0.39, 0.29) is 5.41 Å². The number of anilines is 2. The van der Waals surface area contributed by atoms with E-state index in [4.69, 9.17) is 13.8 Å². The van der Waals surface area contributed by atoms with Crippen LogP contribution in [0.2, 0.25) is 0 Å². The fourth-order valence-corrected chi connectivity index (χ4v) is 7.49. The summed E-state index contributed by atoms with van der Waals surface area (Å²) in [6.45, 7) is 9.24. The molecule has 1 saturated heterocycles. The van der Waals surface area contributed by atoms with Crippen molar-refractivity contribution in [2.45, 2.75) is 45.4 Å². The van der Waals surface area contributed by atoms with Gasteiger partial charge in [0.25, 0.3) is 0 Å². The third-order valence-corrected chi connectivity index (χ3v) is 10.0. The van der Waals surface area contributed by atoms with Crippen LogP contribution in [0.1, 0.15) is 53.9 Å². The van der Waals surface area contributed by atoms with E-state index in [1.54, 1.807) is 0 Å². The quantitative estimate of drug-likeness (QED) is 0.177. The Kier molecular flexibility index (Phi) is 6.54. The first-order valence-corrected chi connectivity index (χ1v) is 16.3. The van der Waals surface area contributed by atoms with Crippen LogP contribution in [0.5, 0.6) is 11.5 Å². The van der Waals surface area contributed by atoms with Crippen molar-refractivity contribution >= 4 is 22.5 Å². The Balaban J connectivity index is 1.34. The molecule has 0 radical (unpaired) electrons. The maximum absolute atomic E-state index is 8.27. The molecule has 0 saturated carbocycles. The summed E-state index contributed by atoms with van der Waals surface area (Å²) in [5.41, 5.74) is 6.46. The second-order valence-corrected chi connectivity index (χ2v) is 14.2. The zero-order chi connectivity index (χ0) is 33.2.